The van der Waals surface area contributed by atoms with Gasteiger partial charge in [0.05, 0.1) is 0 Å². The second-order valence-corrected chi connectivity index (χ2v) is 5.44. The molecule has 0 fully saturated rings. The van der Waals surface area contributed by atoms with Crippen molar-refractivity contribution in [1.82, 2.24) is 5.32 Å². The number of thioether (sulfide) groups is 1. The highest BCUT2D eigenvalue weighted by Crippen LogP contribution is 2.23. The van der Waals surface area contributed by atoms with Crippen molar-refractivity contribution >= 4 is 11.8 Å². The van der Waals surface area contributed by atoms with Gasteiger partial charge in [-0.3, -0.25) is 0 Å². The lowest BCUT2D eigenvalue weighted by molar-refractivity contribution is 0.468. The van der Waals surface area contributed by atoms with Crippen LogP contribution in [0.4, 0.5) is 0 Å². The standard InChI is InChI=1S/C14H23NS/c1-12(2)14(11-15-9-10-16-3)13-7-5-4-6-8-13/h4-8,12,14-15H,9-11H2,1-3H3. The van der Waals surface area contributed by atoms with Crippen molar-refractivity contribution in [2.75, 3.05) is 25.1 Å². The lowest BCUT2D eigenvalue weighted by Gasteiger charge is -2.21. The highest BCUT2D eigenvalue weighted by molar-refractivity contribution is 7.98. The van der Waals surface area contributed by atoms with Gasteiger partial charge in [0.15, 0.2) is 0 Å². The van der Waals surface area contributed by atoms with E-state index in [0.717, 1.165) is 13.1 Å². The van der Waals surface area contributed by atoms with Crippen molar-refractivity contribution in [3.05, 3.63) is 35.9 Å². The Bertz CT molecular complexity index is 271. The fourth-order valence-corrected chi connectivity index (χ4v) is 2.22. The smallest absolute Gasteiger partial charge is 0.00553 e. The molecule has 0 radical (unpaired) electrons. The molecule has 0 bridgehead atoms. The van der Waals surface area contributed by atoms with Crippen LogP contribution in [0.15, 0.2) is 30.3 Å². The van der Waals surface area contributed by atoms with Crippen LogP contribution in [-0.2, 0) is 0 Å². The molecule has 2 heteroatoms. The third-order valence-electron chi connectivity index (χ3n) is 2.88. The van der Waals surface area contributed by atoms with Gasteiger partial charge in [0.2, 0.25) is 0 Å². The van der Waals surface area contributed by atoms with Crippen LogP contribution in [0.3, 0.4) is 0 Å². The molecule has 0 amide bonds. The second kappa shape index (κ2) is 7.75. The quantitative estimate of drug-likeness (QED) is 0.730. The van der Waals surface area contributed by atoms with Crippen molar-refractivity contribution in [2.45, 2.75) is 19.8 Å². The van der Waals surface area contributed by atoms with Crippen LogP contribution in [0.5, 0.6) is 0 Å². The minimum atomic E-state index is 0.628. The molecule has 1 N–H and O–H groups in total. The number of rotatable bonds is 7. The Hall–Kier alpha value is -0.470. The molecule has 16 heavy (non-hydrogen) atoms. The van der Waals surface area contributed by atoms with Gasteiger partial charge in [0.25, 0.3) is 0 Å². The van der Waals surface area contributed by atoms with E-state index in [1.165, 1.54) is 11.3 Å². The first-order valence-electron chi connectivity index (χ1n) is 6.00. The van der Waals surface area contributed by atoms with Crippen LogP contribution in [0, 0.1) is 5.92 Å². The molecule has 1 atom stereocenters. The van der Waals surface area contributed by atoms with Gasteiger partial charge in [0, 0.05) is 18.8 Å². The van der Waals surface area contributed by atoms with Crippen LogP contribution >= 0.6 is 11.8 Å². The van der Waals surface area contributed by atoms with Crippen LogP contribution in [0.25, 0.3) is 0 Å². The molecule has 0 heterocycles. The summed E-state index contributed by atoms with van der Waals surface area (Å²) >= 11 is 1.89. The van der Waals surface area contributed by atoms with Gasteiger partial charge in [-0.2, -0.15) is 11.8 Å². The minimum absolute atomic E-state index is 0.628. The molecule has 0 aliphatic rings. The normalized spacial score (nSPS) is 13.0. The molecule has 0 saturated carbocycles. The Balaban J connectivity index is 2.49. The molecule has 1 aromatic carbocycles. The van der Waals surface area contributed by atoms with Crippen molar-refractivity contribution in [1.29, 1.82) is 0 Å². The lowest BCUT2D eigenvalue weighted by Crippen LogP contribution is -2.26. The van der Waals surface area contributed by atoms with Crippen LogP contribution < -0.4 is 5.32 Å². The van der Waals surface area contributed by atoms with E-state index in [4.69, 9.17) is 0 Å². The number of hydrogen-bond donors (Lipinski definition) is 1. The van der Waals surface area contributed by atoms with E-state index in [9.17, 15) is 0 Å². The molecular weight excluding hydrogens is 214 g/mol. The van der Waals surface area contributed by atoms with Gasteiger partial charge < -0.3 is 5.32 Å². The maximum Gasteiger partial charge on any atom is 0.00553 e. The van der Waals surface area contributed by atoms with Crippen molar-refractivity contribution in [3.63, 3.8) is 0 Å². The van der Waals surface area contributed by atoms with Gasteiger partial charge in [-0.15, -0.1) is 0 Å². The summed E-state index contributed by atoms with van der Waals surface area (Å²) in [6.07, 6.45) is 2.15. The molecule has 0 aromatic heterocycles. The Kier molecular flexibility index (Phi) is 6.58. The van der Waals surface area contributed by atoms with Crippen molar-refractivity contribution < 1.29 is 0 Å². The SMILES string of the molecule is CSCCNCC(c1ccccc1)C(C)C. The predicted octanol–water partition coefficient (Wildman–Crippen LogP) is 3.38. The zero-order valence-corrected chi connectivity index (χ0v) is 11.4. The average molecular weight is 237 g/mol. The van der Waals surface area contributed by atoms with Gasteiger partial charge in [-0.05, 0) is 23.7 Å². The third-order valence-corrected chi connectivity index (χ3v) is 3.49. The monoisotopic (exact) mass is 237 g/mol. The van der Waals surface area contributed by atoms with Gasteiger partial charge >= 0.3 is 0 Å². The van der Waals surface area contributed by atoms with E-state index < -0.39 is 0 Å². The Morgan fingerprint density at radius 2 is 1.88 bits per heavy atom. The fraction of sp³-hybridized carbons (Fsp3) is 0.571. The van der Waals surface area contributed by atoms with Gasteiger partial charge in [0.1, 0.15) is 0 Å². The van der Waals surface area contributed by atoms with E-state index in [-0.39, 0.29) is 0 Å². The first-order chi connectivity index (χ1) is 7.75. The molecule has 1 unspecified atom stereocenters. The third kappa shape index (κ3) is 4.58. The Morgan fingerprint density at radius 3 is 2.44 bits per heavy atom. The summed E-state index contributed by atoms with van der Waals surface area (Å²) in [5.74, 6) is 2.51. The summed E-state index contributed by atoms with van der Waals surface area (Å²) in [4.78, 5) is 0. The van der Waals surface area contributed by atoms with Crippen molar-refractivity contribution in [3.8, 4) is 0 Å². The van der Waals surface area contributed by atoms with Crippen LogP contribution in [0.1, 0.15) is 25.3 Å². The first kappa shape index (κ1) is 13.6. The lowest BCUT2D eigenvalue weighted by atomic mass is 9.88. The molecule has 1 aromatic rings. The average Bonchev–Trinajstić information content (AvgIpc) is 2.30. The van der Waals surface area contributed by atoms with E-state index in [2.05, 4.69) is 55.8 Å². The molecule has 0 saturated heterocycles. The number of hydrogen-bond acceptors (Lipinski definition) is 2. The number of nitrogens with one attached hydrogen (secondary N) is 1. The Labute approximate surface area is 104 Å². The first-order valence-corrected chi connectivity index (χ1v) is 7.39. The van der Waals surface area contributed by atoms with Gasteiger partial charge in [-0.1, -0.05) is 44.2 Å². The van der Waals surface area contributed by atoms with Crippen LogP contribution in [0.2, 0.25) is 0 Å². The second-order valence-electron chi connectivity index (χ2n) is 4.46. The summed E-state index contributed by atoms with van der Waals surface area (Å²) in [6, 6.07) is 10.8. The summed E-state index contributed by atoms with van der Waals surface area (Å²) in [5.41, 5.74) is 1.45. The molecule has 0 aliphatic carbocycles. The Morgan fingerprint density at radius 1 is 1.19 bits per heavy atom. The summed E-state index contributed by atoms with van der Waals surface area (Å²) in [7, 11) is 0. The largest absolute Gasteiger partial charge is 0.315 e. The zero-order chi connectivity index (χ0) is 11.8. The van der Waals surface area contributed by atoms with Crippen molar-refractivity contribution in [2.24, 2.45) is 5.92 Å². The van der Waals surface area contributed by atoms with Crippen LogP contribution in [-0.4, -0.2) is 25.1 Å². The van der Waals surface area contributed by atoms with E-state index in [1.54, 1.807) is 0 Å². The zero-order valence-electron chi connectivity index (χ0n) is 10.6. The molecule has 90 valence electrons. The molecule has 0 spiro atoms. The maximum atomic E-state index is 3.55. The topological polar surface area (TPSA) is 12.0 Å². The number of benzene rings is 1. The minimum Gasteiger partial charge on any atom is -0.315 e. The highest BCUT2D eigenvalue weighted by atomic mass is 32.2. The highest BCUT2D eigenvalue weighted by Gasteiger charge is 2.14. The molecular formula is C14H23NS. The van der Waals surface area contributed by atoms with E-state index in [1.807, 2.05) is 11.8 Å². The van der Waals surface area contributed by atoms with E-state index in [0.29, 0.717) is 11.8 Å². The summed E-state index contributed by atoms with van der Waals surface area (Å²) in [6.45, 7) is 6.79. The molecule has 1 rings (SSSR count). The fourth-order valence-electron chi connectivity index (χ4n) is 1.87. The van der Waals surface area contributed by atoms with Gasteiger partial charge in [-0.25, -0.2) is 0 Å². The maximum absolute atomic E-state index is 3.55. The van der Waals surface area contributed by atoms with E-state index >= 15 is 0 Å². The summed E-state index contributed by atoms with van der Waals surface area (Å²) < 4.78 is 0. The molecule has 1 nitrogen and oxygen atoms in total. The summed E-state index contributed by atoms with van der Waals surface area (Å²) in [5, 5.41) is 3.55. The predicted molar refractivity (Wildman–Crippen MR) is 75.3 cm³/mol. The molecule has 0 aliphatic heterocycles.